The molecular weight excluding hydrogens is 204 g/mol. The third-order valence-corrected chi connectivity index (χ3v) is 2.14. The number of nitrogen functional groups attached to an aromatic ring is 1. The summed E-state index contributed by atoms with van der Waals surface area (Å²) in [6.45, 7) is 0.570. The maximum Gasteiger partial charge on any atom is 0.213 e. The van der Waals surface area contributed by atoms with Crippen LogP contribution < -0.4 is 11.3 Å². The number of nitrogens with zero attached hydrogens (tertiary/aromatic N) is 4. The van der Waals surface area contributed by atoms with Gasteiger partial charge in [-0.1, -0.05) is 0 Å². The average molecular weight is 214 g/mol. The van der Waals surface area contributed by atoms with E-state index < -0.39 is 0 Å². The Bertz CT molecular complexity index is 524. The molecule has 2 aromatic rings. The summed E-state index contributed by atoms with van der Waals surface area (Å²) in [5, 5.41) is 8.81. The first-order valence-corrected chi connectivity index (χ1v) is 4.66. The molecule has 0 amide bonds. The van der Waals surface area contributed by atoms with E-state index in [4.69, 9.17) is 11.1 Å². The number of aromatic nitrogens is 3. The van der Waals surface area contributed by atoms with Crippen molar-refractivity contribution in [3.8, 4) is 6.07 Å². The molecule has 16 heavy (non-hydrogen) atoms. The monoisotopic (exact) mass is 214 g/mol. The van der Waals surface area contributed by atoms with Gasteiger partial charge in [0.25, 0.3) is 0 Å². The molecule has 2 heterocycles. The van der Waals surface area contributed by atoms with Crippen LogP contribution in [0, 0.1) is 11.3 Å². The number of nitrogens with one attached hydrogen (secondary N) is 1. The minimum Gasteiger partial charge on any atom is -0.318 e. The maximum absolute atomic E-state index is 8.81. The van der Waals surface area contributed by atoms with E-state index in [0.717, 1.165) is 5.56 Å². The van der Waals surface area contributed by atoms with Gasteiger partial charge in [-0.3, -0.25) is 0 Å². The molecule has 0 unspecified atom stereocenters. The van der Waals surface area contributed by atoms with Gasteiger partial charge in [0.05, 0.1) is 0 Å². The van der Waals surface area contributed by atoms with Gasteiger partial charge in [0, 0.05) is 25.1 Å². The normalized spacial score (nSPS) is 9.75. The van der Waals surface area contributed by atoms with Gasteiger partial charge in [0.1, 0.15) is 11.9 Å². The van der Waals surface area contributed by atoms with Crippen molar-refractivity contribution in [1.29, 1.82) is 5.26 Å². The number of hydrazine groups is 1. The largest absolute Gasteiger partial charge is 0.318 e. The summed E-state index contributed by atoms with van der Waals surface area (Å²) in [7, 11) is 0. The summed E-state index contributed by atoms with van der Waals surface area (Å²) < 4.78 is 1.76. The SMILES string of the molecule is N#Cc1nccn1Cc1ccnc(NN)c1. The Morgan fingerprint density at radius 2 is 2.31 bits per heavy atom. The average Bonchev–Trinajstić information content (AvgIpc) is 2.76. The predicted octanol–water partition coefficient (Wildman–Crippen LogP) is 0.484. The number of pyridine rings is 1. The lowest BCUT2D eigenvalue weighted by Crippen LogP contribution is -2.09. The second-order valence-electron chi connectivity index (χ2n) is 3.18. The Labute approximate surface area is 92.3 Å². The number of anilines is 1. The second kappa shape index (κ2) is 4.42. The van der Waals surface area contributed by atoms with Gasteiger partial charge >= 0.3 is 0 Å². The Hall–Kier alpha value is -2.39. The molecule has 0 saturated carbocycles. The molecule has 0 bridgehead atoms. The van der Waals surface area contributed by atoms with Crippen molar-refractivity contribution in [1.82, 2.24) is 14.5 Å². The number of rotatable bonds is 3. The van der Waals surface area contributed by atoms with E-state index in [1.165, 1.54) is 0 Å². The fraction of sp³-hybridized carbons (Fsp3) is 0.100. The van der Waals surface area contributed by atoms with Crippen LogP contribution in [-0.4, -0.2) is 14.5 Å². The van der Waals surface area contributed by atoms with E-state index >= 15 is 0 Å². The van der Waals surface area contributed by atoms with Crippen LogP contribution in [0.5, 0.6) is 0 Å². The molecule has 0 saturated heterocycles. The first-order valence-electron chi connectivity index (χ1n) is 4.66. The van der Waals surface area contributed by atoms with Gasteiger partial charge in [-0.15, -0.1) is 0 Å². The van der Waals surface area contributed by atoms with Gasteiger partial charge in [-0.25, -0.2) is 15.8 Å². The fourth-order valence-electron chi connectivity index (χ4n) is 1.40. The summed E-state index contributed by atoms with van der Waals surface area (Å²) in [6.07, 6.45) is 5.02. The zero-order valence-corrected chi connectivity index (χ0v) is 8.46. The highest BCUT2D eigenvalue weighted by Crippen LogP contribution is 2.08. The Morgan fingerprint density at radius 1 is 1.44 bits per heavy atom. The summed E-state index contributed by atoms with van der Waals surface area (Å²) in [5.41, 5.74) is 3.47. The molecular formula is C10H10N6. The molecule has 2 aromatic heterocycles. The lowest BCUT2D eigenvalue weighted by molar-refractivity contribution is 0.781. The van der Waals surface area contributed by atoms with Gasteiger partial charge in [0.15, 0.2) is 0 Å². The van der Waals surface area contributed by atoms with E-state index in [1.54, 1.807) is 23.2 Å². The quantitative estimate of drug-likeness (QED) is 0.572. The molecule has 0 aliphatic heterocycles. The van der Waals surface area contributed by atoms with E-state index in [1.807, 2.05) is 18.2 Å². The van der Waals surface area contributed by atoms with Crippen molar-refractivity contribution in [3.63, 3.8) is 0 Å². The van der Waals surface area contributed by atoms with Crippen LogP contribution in [0.4, 0.5) is 5.82 Å². The molecule has 0 aliphatic carbocycles. The summed E-state index contributed by atoms with van der Waals surface area (Å²) in [6, 6.07) is 5.70. The van der Waals surface area contributed by atoms with Gasteiger partial charge < -0.3 is 9.99 Å². The van der Waals surface area contributed by atoms with Crippen LogP contribution >= 0.6 is 0 Å². The van der Waals surface area contributed by atoms with Crippen LogP contribution in [0.2, 0.25) is 0 Å². The van der Waals surface area contributed by atoms with E-state index in [9.17, 15) is 0 Å². The van der Waals surface area contributed by atoms with Gasteiger partial charge in [0.2, 0.25) is 5.82 Å². The number of hydrogen-bond donors (Lipinski definition) is 2. The van der Waals surface area contributed by atoms with Crippen LogP contribution in [0.25, 0.3) is 0 Å². The molecule has 80 valence electrons. The third kappa shape index (κ3) is 1.99. The van der Waals surface area contributed by atoms with E-state index in [-0.39, 0.29) is 0 Å². The topological polar surface area (TPSA) is 92.5 Å². The van der Waals surface area contributed by atoms with Crippen LogP contribution in [-0.2, 0) is 6.54 Å². The maximum atomic E-state index is 8.81. The number of hydrogen-bond acceptors (Lipinski definition) is 5. The highest BCUT2D eigenvalue weighted by atomic mass is 15.2. The van der Waals surface area contributed by atoms with Crippen molar-refractivity contribution in [3.05, 3.63) is 42.1 Å². The van der Waals surface area contributed by atoms with Crippen molar-refractivity contribution in [2.24, 2.45) is 5.84 Å². The zero-order valence-electron chi connectivity index (χ0n) is 8.46. The molecule has 2 rings (SSSR count). The molecule has 0 spiro atoms. The lowest BCUT2D eigenvalue weighted by Gasteiger charge is -2.05. The van der Waals surface area contributed by atoms with Crippen LogP contribution in [0.15, 0.2) is 30.7 Å². The minimum absolute atomic E-state index is 0.388. The second-order valence-corrected chi connectivity index (χ2v) is 3.18. The molecule has 0 fully saturated rings. The van der Waals surface area contributed by atoms with Crippen molar-refractivity contribution < 1.29 is 0 Å². The highest BCUT2D eigenvalue weighted by molar-refractivity contribution is 5.36. The fourth-order valence-corrected chi connectivity index (χ4v) is 1.40. The first kappa shape index (κ1) is 10.1. The Morgan fingerprint density at radius 3 is 3.06 bits per heavy atom. The highest BCUT2D eigenvalue weighted by Gasteiger charge is 2.02. The molecule has 0 aliphatic rings. The van der Waals surface area contributed by atoms with E-state index in [0.29, 0.717) is 18.2 Å². The van der Waals surface area contributed by atoms with Crippen molar-refractivity contribution in [2.45, 2.75) is 6.54 Å². The van der Waals surface area contributed by atoms with Crippen LogP contribution in [0.3, 0.4) is 0 Å². The van der Waals surface area contributed by atoms with Crippen molar-refractivity contribution in [2.75, 3.05) is 5.43 Å². The zero-order chi connectivity index (χ0) is 11.4. The molecule has 3 N–H and O–H groups in total. The lowest BCUT2D eigenvalue weighted by atomic mass is 10.2. The molecule has 6 nitrogen and oxygen atoms in total. The summed E-state index contributed by atoms with van der Waals surface area (Å²) in [4.78, 5) is 7.92. The third-order valence-electron chi connectivity index (χ3n) is 2.14. The van der Waals surface area contributed by atoms with E-state index in [2.05, 4.69) is 15.4 Å². The molecule has 6 heteroatoms. The van der Waals surface area contributed by atoms with Crippen molar-refractivity contribution >= 4 is 5.82 Å². The smallest absolute Gasteiger partial charge is 0.213 e. The number of nitriles is 1. The first-order chi connectivity index (χ1) is 7.83. The molecule has 0 aromatic carbocycles. The summed E-state index contributed by atoms with van der Waals surface area (Å²) in [5.74, 6) is 6.25. The summed E-state index contributed by atoms with van der Waals surface area (Å²) >= 11 is 0. The minimum atomic E-state index is 0.388. The number of nitrogens with two attached hydrogens (primary N) is 1. The molecule has 0 atom stereocenters. The standard InChI is InChI=1S/C10H10N6/c11-6-10-14-3-4-16(10)7-8-1-2-13-9(5-8)15-12/h1-5H,7,12H2,(H,13,15). The molecule has 0 radical (unpaired) electrons. The van der Waals surface area contributed by atoms with Gasteiger partial charge in [-0.2, -0.15) is 5.26 Å². The predicted molar refractivity (Wildman–Crippen MR) is 58.1 cm³/mol. The Kier molecular flexibility index (Phi) is 2.80. The van der Waals surface area contributed by atoms with Gasteiger partial charge in [-0.05, 0) is 17.7 Å². The Balaban J connectivity index is 2.24. The number of imidazole rings is 1. The van der Waals surface area contributed by atoms with Crippen LogP contribution in [0.1, 0.15) is 11.4 Å².